The first-order valence-corrected chi connectivity index (χ1v) is 2.69. The summed E-state index contributed by atoms with van der Waals surface area (Å²) in [5.41, 5.74) is 0. The minimum atomic E-state index is -4.07. The Kier molecular flexibility index (Phi) is 3.68. The number of hydrogen-bond acceptors (Lipinski definition) is 2. The van der Waals surface area contributed by atoms with E-state index in [4.69, 9.17) is 0 Å². The number of nitrogens with zero attached hydrogens (tertiary/aromatic N) is 1. The molecular formula is C4H6F3NS. The number of halogens is 3. The zero-order chi connectivity index (χ0) is 7.33. The van der Waals surface area contributed by atoms with Crippen LogP contribution in [0.25, 0.3) is 0 Å². The second-order valence-electron chi connectivity index (χ2n) is 1.45. The summed E-state index contributed by atoms with van der Waals surface area (Å²) in [4.78, 5) is 0. The first-order valence-electron chi connectivity index (χ1n) is 2.29. The van der Waals surface area contributed by atoms with Crippen LogP contribution in [0.1, 0.15) is 12.8 Å². The highest BCUT2D eigenvalue weighted by atomic mass is 32.1. The topological polar surface area (TPSA) is 12.4 Å². The summed E-state index contributed by atoms with van der Waals surface area (Å²) in [5, 5.41) is 0. The van der Waals surface area contributed by atoms with Gasteiger partial charge in [0.1, 0.15) is 0 Å². The molecule has 0 aliphatic heterocycles. The third-order valence-electron chi connectivity index (χ3n) is 0.639. The van der Waals surface area contributed by atoms with E-state index in [0.29, 0.717) is 0 Å². The molecule has 9 heavy (non-hydrogen) atoms. The molecule has 0 fully saturated rings. The van der Waals surface area contributed by atoms with Crippen LogP contribution in [0.4, 0.5) is 13.2 Å². The number of thiol groups is 1. The molecule has 0 saturated carbocycles. The Bertz CT molecular complexity index is 98.5. The summed E-state index contributed by atoms with van der Waals surface area (Å²) in [5.74, 6) is 0. The molecule has 0 aliphatic rings. The lowest BCUT2D eigenvalue weighted by Gasteiger charge is -2.00. The van der Waals surface area contributed by atoms with Crippen LogP contribution in [0.5, 0.6) is 0 Å². The highest BCUT2D eigenvalue weighted by molar-refractivity contribution is 7.78. The van der Waals surface area contributed by atoms with Gasteiger partial charge in [-0.3, -0.25) is 0 Å². The van der Waals surface area contributed by atoms with E-state index in [1.807, 2.05) is 0 Å². The van der Waals surface area contributed by atoms with E-state index < -0.39 is 12.6 Å². The van der Waals surface area contributed by atoms with Crippen molar-refractivity contribution in [1.82, 2.24) is 0 Å². The fourth-order valence-corrected chi connectivity index (χ4v) is 0.401. The van der Waals surface area contributed by atoms with Crippen molar-refractivity contribution < 1.29 is 13.2 Å². The van der Waals surface area contributed by atoms with Crippen molar-refractivity contribution in [2.24, 2.45) is 4.40 Å². The van der Waals surface area contributed by atoms with Crippen LogP contribution in [0.15, 0.2) is 4.40 Å². The predicted octanol–water partition coefficient (Wildman–Crippen LogP) is 2.24. The van der Waals surface area contributed by atoms with E-state index in [2.05, 4.69) is 17.2 Å². The van der Waals surface area contributed by atoms with Gasteiger partial charge in [-0.1, -0.05) is 0 Å². The lowest BCUT2D eigenvalue weighted by molar-refractivity contribution is -0.132. The molecule has 0 aromatic carbocycles. The normalized spacial score (nSPS) is 12.9. The minimum absolute atomic E-state index is 0.0903. The van der Waals surface area contributed by atoms with Crippen LogP contribution in [-0.4, -0.2) is 12.4 Å². The quantitative estimate of drug-likeness (QED) is 0.466. The highest BCUT2D eigenvalue weighted by Crippen LogP contribution is 2.20. The van der Waals surface area contributed by atoms with Gasteiger partial charge in [0.2, 0.25) is 0 Å². The molecule has 0 unspecified atom stereocenters. The zero-order valence-electron chi connectivity index (χ0n) is 4.52. The SMILES string of the molecule is FC(F)(F)CCC=NS. The van der Waals surface area contributed by atoms with Gasteiger partial charge in [0, 0.05) is 12.6 Å². The molecule has 5 heteroatoms. The van der Waals surface area contributed by atoms with E-state index in [1.54, 1.807) is 0 Å². The van der Waals surface area contributed by atoms with Crippen LogP contribution in [0.2, 0.25) is 0 Å². The van der Waals surface area contributed by atoms with E-state index in [-0.39, 0.29) is 6.42 Å². The maximum Gasteiger partial charge on any atom is 0.389 e. The summed E-state index contributed by atoms with van der Waals surface area (Å²) >= 11 is 3.35. The van der Waals surface area contributed by atoms with Crippen LogP contribution in [0.3, 0.4) is 0 Å². The Labute approximate surface area is 56.5 Å². The molecule has 0 aliphatic carbocycles. The van der Waals surface area contributed by atoms with Crippen molar-refractivity contribution in [3.8, 4) is 0 Å². The van der Waals surface area contributed by atoms with Crippen LogP contribution < -0.4 is 0 Å². The second-order valence-corrected chi connectivity index (χ2v) is 1.68. The Balaban J connectivity index is 3.28. The van der Waals surface area contributed by atoms with E-state index in [1.165, 1.54) is 0 Å². The van der Waals surface area contributed by atoms with Crippen LogP contribution in [-0.2, 0) is 0 Å². The molecule has 0 spiro atoms. The summed E-state index contributed by atoms with van der Waals surface area (Å²) < 4.78 is 37.0. The van der Waals surface area contributed by atoms with Crippen molar-refractivity contribution in [2.45, 2.75) is 19.0 Å². The number of alkyl halides is 3. The third kappa shape index (κ3) is 7.81. The fraction of sp³-hybridized carbons (Fsp3) is 0.750. The molecule has 0 atom stereocenters. The average molecular weight is 157 g/mol. The molecule has 0 N–H and O–H groups in total. The molecule has 0 bridgehead atoms. The molecule has 0 saturated heterocycles. The smallest absolute Gasteiger partial charge is 0.232 e. The van der Waals surface area contributed by atoms with Gasteiger partial charge in [-0.05, 0) is 19.2 Å². The molecule has 0 amide bonds. The van der Waals surface area contributed by atoms with Crippen LogP contribution >= 0.6 is 12.8 Å². The molecule has 0 radical (unpaired) electrons. The molecule has 0 aromatic heterocycles. The first-order chi connectivity index (χ1) is 4.06. The molecule has 54 valence electrons. The molecular weight excluding hydrogens is 151 g/mol. The molecule has 1 nitrogen and oxygen atoms in total. The fourth-order valence-electron chi connectivity index (χ4n) is 0.286. The summed E-state index contributed by atoms with van der Waals surface area (Å²) in [7, 11) is 0. The third-order valence-corrected chi connectivity index (χ3v) is 0.802. The number of hydrogen-bond donors (Lipinski definition) is 1. The van der Waals surface area contributed by atoms with E-state index in [9.17, 15) is 13.2 Å². The van der Waals surface area contributed by atoms with Crippen molar-refractivity contribution in [2.75, 3.05) is 0 Å². The minimum Gasteiger partial charge on any atom is -0.232 e. The van der Waals surface area contributed by atoms with Gasteiger partial charge in [0.05, 0.1) is 0 Å². The maximum atomic E-state index is 11.3. The Morgan fingerprint density at radius 3 is 2.33 bits per heavy atom. The van der Waals surface area contributed by atoms with Crippen LogP contribution in [0, 0.1) is 0 Å². The second kappa shape index (κ2) is 3.76. The van der Waals surface area contributed by atoms with Gasteiger partial charge in [0.25, 0.3) is 0 Å². The molecule has 0 aromatic rings. The van der Waals surface area contributed by atoms with Gasteiger partial charge in [0.15, 0.2) is 0 Å². The maximum absolute atomic E-state index is 11.3. The standard InChI is InChI=1S/C4H6F3NS/c5-4(6,7)2-1-3-8-9/h3,9H,1-2H2. The van der Waals surface area contributed by atoms with Gasteiger partial charge in [-0.15, -0.1) is 0 Å². The van der Waals surface area contributed by atoms with Gasteiger partial charge >= 0.3 is 6.18 Å². The lowest BCUT2D eigenvalue weighted by atomic mass is 10.3. The van der Waals surface area contributed by atoms with Crippen molar-refractivity contribution in [1.29, 1.82) is 0 Å². The van der Waals surface area contributed by atoms with E-state index >= 15 is 0 Å². The summed E-state index contributed by atoms with van der Waals surface area (Å²) in [6, 6.07) is 0. The van der Waals surface area contributed by atoms with Gasteiger partial charge in [-0.2, -0.15) is 13.2 Å². The Morgan fingerprint density at radius 2 is 2.00 bits per heavy atom. The van der Waals surface area contributed by atoms with Crippen molar-refractivity contribution in [3.05, 3.63) is 0 Å². The Morgan fingerprint density at radius 1 is 1.44 bits per heavy atom. The van der Waals surface area contributed by atoms with Gasteiger partial charge < -0.3 is 0 Å². The van der Waals surface area contributed by atoms with Crippen molar-refractivity contribution >= 4 is 19.0 Å². The highest BCUT2D eigenvalue weighted by Gasteiger charge is 2.25. The monoisotopic (exact) mass is 157 g/mol. The Hall–Kier alpha value is -0.190. The lowest BCUT2D eigenvalue weighted by Crippen LogP contribution is -2.06. The average Bonchev–Trinajstić information content (AvgIpc) is 1.63. The summed E-state index contributed by atoms with van der Waals surface area (Å²) in [6.07, 6.45) is -3.87. The predicted molar refractivity (Wildman–Crippen MR) is 32.8 cm³/mol. The largest absolute Gasteiger partial charge is 0.389 e. The first kappa shape index (κ1) is 8.81. The van der Waals surface area contributed by atoms with Gasteiger partial charge in [-0.25, -0.2) is 4.40 Å². The molecule has 0 heterocycles. The summed E-state index contributed by atoms with van der Waals surface area (Å²) in [6.45, 7) is 0. The van der Waals surface area contributed by atoms with E-state index in [0.717, 1.165) is 6.21 Å². The zero-order valence-corrected chi connectivity index (χ0v) is 5.41. The number of rotatable bonds is 2. The molecule has 0 rings (SSSR count). The van der Waals surface area contributed by atoms with Crippen molar-refractivity contribution in [3.63, 3.8) is 0 Å².